The fourth-order valence-electron chi connectivity index (χ4n) is 2.63. The molecule has 0 spiro atoms. The predicted octanol–water partition coefficient (Wildman–Crippen LogP) is -0.544. The van der Waals surface area contributed by atoms with E-state index >= 15 is 0 Å². The van der Waals surface area contributed by atoms with E-state index in [1.54, 1.807) is 115 Å². The summed E-state index contributed by atoms with van der Waals surface area (Å²) in [6.07, 6.45) is 15.5. The molecule has 0 bridgehead atoms. The first kappa shape index (κ1) is 40.7. The molecule has 0 unspecified atom stereocenters. The Morgan fingerprint density at radius 1 is 0.548 bits per heavy atom. The van der Waals surface area contributed by atoms with Gasteiger partial charge in [-0.25, -0.2) is 4.98 Å². The van der Waals surface area contributed by atoms with Gasteiger partial charge in [0.15, 0.2) is 0 Å². The van der Waals surface area contributed by atoms with Gasteiger partial charge in [-0.15, -0.1) is 0 Å². The predicted molar refractivity (Wildman–Crippen MR) is 151 cm³/mol. The minimum absolute atomic E-state index is 0. The molecule has 0 radical (unpaired) electrons. The van der Waals surface area contributed by atoms with Crippen LogP contribution in [0.2, 0.25) is 0 Å². The molecule has 5 aromatic rings. The summed E-state index contributed by atoms with van der Waals surface area (Å²) in [5.41, 5.74) is 1.52. The van der Waals surface area contributed by atoms with Crippen molar-refractivity contribution in [3.05, 3.63) is 104 Å². The molecule has 0 aromatic carbocycles. The SMILES string of the molecule is COc1ccnc(-c2cc(OC)ccn2)c1.COc1ccncc1.COc1ccncc1.Cn1ccnc1.[Cl-].[Cl-].[Cl][Os]. The van der Waals surface area contributed by atoms with Crippen molar-refractivity contribution < 1.29 is 61.4 Å². The first-order valence-electron chi connectivity index (χ1n) is 11.5. The summed E-state index contributed by atoms with van der Waals surface area (Å²) in [6, 6.07) is 14.5. The number of methoxy groups -OCH3 is 4. The fraction of sp³-hybridized carbons (Fsp3) is 0.179. The summed E-state index contributed by atoms with van der Waals surface area (Å²) in [5.74, 6) is 3.21. The van der Waals surface area contributed by atoms with Gasteiger partial charge in [0, 0.05) is 68.8 Å². The molecule has 0 aliphatic carbocycles. The molecule has 5 heterocycles. The topological polar surface area (TPSA) is 106 Å². The van der Waals surface area contributed by atoms with Crippen molar-refractivity contribution in [1.29, 1.82) is 0 Å². The molecule has 14 heteroatoms. The molecule has 0 aliphatic heterocycles. The Bertz CT molecular complexity index is 1210. The summed E-state index contributed by atoms with van der Waals surface area (Å²) in [6.45, 7) is 0. The van der Waals surface area contributed by atoms with Crippen LogP contribution >= 0.6 is 9.64 Å². The van der Waals surface area contributed by atoms with Crippen LogP contribution in [-0.4, -0.2) is 57.9 Å². The average Bonchev–Trinajstić information content (AvgIpc) is 3.54. The van der Waals surface area contributed by atoms with Gasteiger partial charge in [-0.3, -0.25) is 19.9 Å². The second-order valence-corrected chi connectivity index (χ2v) is 7.16. The molecular weight excluding hydrogens is 781 g/mol. The molecule has 5 aromatic heterocycles. The van der Waals surface area contributed by atoms with Crippen LogP contribution in [0, 0.1) is 0 Å². The van der Waals surface area contributed by atoms with Gasteiger partial charge in [0.2, 0.25) is 0 Å². The average molecular weight is 813 g/mol. The summed E-state index contributed by atoms with van der Waals surface area (Å²) in [5, 5.41) is 0. The first-order valence-corrected chi connectivity index (χ1v) is 14.7. The van der Waals surface area contributed by atoms with Crippen LogP contribution in [0.15, 0.2) is 104 Å². The Labute approximate surface area is 273 Å². The van der Waals surface area contributed by atoms with Crippen LogP contribution in [0.4, 0.5) is 0 Å². The number of halogens is 3. The number of hydrogen-bond donors (Lipinski definition) is 0. The summed E-state index contributed by atoms with van der Waals surface area (Å²) in [4.78, 5) is 19.9. The number of pyridine rings is 4. The summed E-state index contributed by atoms with van der Waals surface area (Å²) < 4.78 is 21.9. The second kappa shape index (κ2) is 26.4. The molecule has 10 nitrogen and oxygen atoms in total. The van der Waals surface area contributed by atoms with Gasteiger partial charge in [0.25, 0.3) is 0 Å². The van der Waals surface area contributed by atoms with Crippen molar-refractivity contribution in [3.63, 3.8) is 0 Å². The maximum absolute atomic E-state index is 5.13. The van der Waals surface area contributed by atoms with E-state index in [2.05, 4.69) is 34.6 Å². The molecule has 5 rings (SSSR count). The Kier molecular flexibility index (Phi) is 25.6. The standard InChI is InChI=1S/C12H12N2O2.2C6H7NO.C4H6N2.3ClH.Os/c1-15-9-3-5-13-11(7-9)12-8-10(16-2)4-6-14-12;2*1-8-6-2-4-7-5-3-6;1-6-3-2-5-4-6;;;;/h3-8H,1-2H3;2*2-5H,1H3;2-4H,1H3;3*1H;/q;;;;;;;+1/p-3. The Balaban J connectivity index is 0. The first-order chi connectivity index (χ1) is 19.6. The van der Waals surface area contributed by atoms with E-state index < -0.39 is 0 Å². The minimum atomic E-state index is 0. The van der Waals surface area contributed by atoms with Crippen molar-refractivity contribution in [2.75, 3.05) is 28.4 Å². The van der Waals surface area contributed by atoms with Crippen molar-refractivity contribution in [1.82, 2.24) is 29.5 Å². The number of rotatable bonds is 5. The van der Waals surface area contributed by atoms with Crippen molar-refractivity contribution in [2.24, 2.45) is 7.05 Å². The zero-order valence-corrected chi connectivity index (χ0v) is 28.4. The molecule has 0 aliphatic rings. The van der Waals surface area contributed by atoms with Gasteiger partial charge in [-0.2, -0.15) is 0 Å². The third kappa shape index (κ3) is 17.4. The third-order valence-electron chi connectivity index (χ3n) is 4.60. The molecule has 0 atom stereocenters. The van der Waals surface area contributed by atoms with Gasteiger partial charge in [0.1, 0.15) is 23.0 Å². The quantitative estimate of drug-likeness (QED) is 0.232. The van der Waals surface area contributed by atoms with E-state index in [1.807, 2.05) is 29.9 Å². The fourth-order valence-corrected chi connectivity index (χ4v) is 2.63. The Morgan fingerprint density at radius 2 is 0.905 bits per heavy atom. The van der Waals surface area contributed by atoms with E-state index in [1.165, 1.54) is 17.6 Å². The molecule has 42 heavy (non-hydrogen) atoms. The molecule has 0 saturated carbocycles. The van der Waals surface area contributed by atoms with Crippen molar-refractivity contribution in [2.45, 2.75) is 0 Å². The van der Waals surface area contributed by atoms with Crippen LogP contribution in [0.25, 0.3) is 11.4 Å². The molecular formula is C28H32Cl3N6O4Os-2. The number of aromatic nitrogens is 6. The maximum atomic E-state index is 5.13. The van der Waals surface area contributed by atoms with Crippen LogP contribution < -0.4 is 43.8 Å². The number of hydrogen-bond acceptors (Lipinski definition) is 9. The Hall–Kier alpha value is -3.48. The summed E-state index contributed by atoms with van der Waals surface area (Å²) >= 11 is 1.33. The number of aryl methyl sites for hydroxylation is 1. The van der Waals surface area contributed by atoms with Gasteiger partial charge >= 0.3 is 27.2 Å². The third-order valence-corrected chi connectivity index (χ3v) is 4.60. The zero-order chi connectivity index (χ0) is 29.4. The van der Waals surface area contributed by atoms with E-state index in [9.17, 15) is 0 Å². The van der Waals surface area contributed by atoms with Gasteiger partial charge in [-0.1, -0.05) is 0 Å². The van der Waals surface area contributed by atoms with Gasteiger partial charge < -0.3 is 48.3 Å². The summed E-state index contributed by atoms with van der Waals surface area (Å²) in [7, 11) is 13.1. The Morgan fingerprint density at radius 3 is 1.14 bits per heavy atom. The number of ether oxygens (including phenoxy) is 4. The van der Waals surface area contributed by atoms with E-state index in [-0.39, 0.29) is 24.8 Å². The molecule has 0 N–H and O–H groups in total. The van der Waals surface area contributed by atoms with Gasteiger partial charge in [0.05, 0.1) is 46.2 Å². The monoisotopic (exact) mass is 813 g/mol. The molecule has 0 amide bonds. The van der Waals surface area contributed by atoms with Crippen molar-refractivity contribution >= 4 is 9.64 Å². The zero-order valence-electron chi connectivity index (χ0n) is 23.6. The number of imidazole rings is 1. The molecule has 0 fully saturated rings. The van der Waals surface area contributed by atoms with Crippen LogP contribution in [0.3, 0.4) is 0 Å². The van der Waals surface area contributed by atoms with Crippen LogP contribution in [0.5, 0.6) is 23.0 Å². The van der Waals surface area contributed by atoms with E-state index in [0.717, 1.165) is 34.4 Å². The second-order valence-electron chi connectivity index (χ2n) is 7.16. The van der Waals surface area contributed by atoms with Crippen molar-refractivity contribution in [3.8, 4) is 34.4 Å². The molecule has 0 saturated heterocycles. The van der Waals surface area contributed by atoms with E-state index in [4.69, 9.17) is 18.9 Å². The number of nitrogens with zero attached hydrogens (tertiary/aromatic N) is 6. The molecule has 229 valence electrons. The van der Waals surface area contributed by atoms with Crippen LogP contribution in [0.1, 0.15) is 0 Å². The normalized spacial score (nSPS) is 8.45. The van der Waals surface area contributed by atoms with Crippen LogP contribution in [-0.2, 0) is 24.6 Å². The van der Waals surface area contributed by atoms with Gasteiger partial charge in [-0.05, 0) is 36.4 Å². The van der Waals surface area contributed by atoms with E-state index in [0.29, 0.717) is 0 Å².